The van der Waals surface area contributed by atoms with E-state index < -0.39 is 5.41 Å². The van der Waals surface area contributed by atoms with Crippen LogP contribution < -0.4 is 29.6 Å². The Bertz CT molecular complexity index is 391. The summed E-state index contributed by atoms with van der Waals surface area (Å²) in [4.78, 5) is 0. The van der Waals surface area contributed by atoms with Crippen molar-refractivity contribution in [2.45, 2.75) is 168 Å². The van der Waals surface area contributed by atoms with Crippen LogP contribution in [0.4, 0.5) is 0 Å². The SMILES string of the molecule is CCCCCCCCCCCCCCOCC(CO)(CO)COCCCCCCCCCCCCCC.[H-].[Na+]. The van der Waals surface area contributed by atoms with E-state index in [4.69, 9.17) is 9.47 Å². The molecule has 4 nitrogen and oxygen atoms in total. The first-order chi connectivity index (χ1) is 18.2. The summed E-state index contributed by atoms with van der Waals surface area (Å²) < 4.78 is 11.7. The molecule has 0 aromatic rings. The van der Waals surface area contributed by atoms with Crippen LogP contribution in [0, 0.1) is 5.41 Å². The molecule has 38 heavy (non-hydrogen) atoms. The number of rotatable bonds is 32. The van der Waals surface area contributed by atoms with E-state index in [1.165, 1.54) is 141 Å². The van der Waals surface area contributed by atoms with Gasteiger partial charge in [0.15, 0.2) is 0 Å². The third kappa shape index (κ3) is 28.4. The molecule has 226 valence electrons. The molecule has 0 unspecified atom stereocenters. The van der Waals surface area contributed by atoms with Gasteiger partial charge in [-0.1, -0.05) is 155 Å². The summed E-state index contributed by atoms with van der Waals surface area (Å²) >= 11 is 0. The van der Waals surface area contributed by atoms with Crippen molar-refractivity contribution in [3.63, 3.8) is 0 Å². The Morgan fingerprint density at radius 1 is 0.421 bits per heavy atom. The Morgan fingerprint density at radius 3 is 0.895 bits per heavy atom. The molecule has 0 aromatic heterocycles. The van der Waals surface area contributed by atoms with Gasteiger partial charge in [-0.3, -0.25) is 0 Å². The first kappa shape index (κ1) is 41.0. The van der Waals surface area contributed by atoms with Gasteiger partial charge < -0.3 is 21.1 Å². The minimum atomic E-state index is -0.672. The largest absolute Gasteiger partial charge is 1.00 e. The summed E-state index contributed by atoms with van der Waals surface area (Å²) in [6, 6.07) is 0. The smallest absolute Gasteiger partial charge is 1.00 e. The van der Waals surface area contributed by atoms with Crippen LogP contribution in [0.3, 0.4) is 0 Å². The number of aliphatic hydroxyl groups excluding tert-OH is 2. The molecule has 5 heteroatoms. The molecule has 0 aliphatic carbocycles. The van der Waals surface area contributed by atoms with Crippen LogP contribution in [-0.4, -0.2) is 49.9 Å². The zero-order valence-electron chi connectivity index (χ0n) is 27.4. The van der Waals surface area contributed by atoms with Crippen molar-refractivity contribution in [3.8, 4) is 0 Å². The third-order valence-electron chi connectivity index (χ3n) is 7.77. The molecule has 0 atom stereocenters. The van der Waals surface area contributed by atoms with Gasteiger partial charge in [0.1, 0.15) is 0 Å². The van der Waals surface area contributed by atoms with E-state index in [1.807, 2.05) is 0 Å². The molecule has 0 rings (SSSR count). The van der Waals surface area contributed by atoms with Crippen LogP contribution in [0.5, 0.6) is 0 Å². The first-order valence-corrected chi connectivity index (χ1v) is 16.6. The van der Waals surface area contributed by atoms with E-state index in [9.17, 15) is 10.2 Å². The number of aliphatic hydroxyl groups is 2. The van der Waals surface area contributed by atoms with E-state index in [0.29, 0.717) is 26.4 Å². The fraction of sp³-hybridized carbons (Fsp3) is 1.00. The molecule has 0 spiro atoms. The van der Waals surface area contributed by atoms with Crippen molar-refractivity contribution in [3.05, 3.63) is 0 Å². The van der Waals surface area contributed by atoms with Crippen molar-refractivity contribution in [1.82, 2.24) is 0 Å². The van der Waals surface area contributed by atoms with Gasteiger partial charge in [-0.05, 0) is 12.8 Å². The number of hydrogen-bond donors (Lipinski definition) is 2. The predicted octanol–water partition coefficient (Wildman–Crippen LogP) is 6.51. The summed E-state index contributed by atoms with van der Waals surface area (Å²) in [5, 5.41) is 19.7. The second-order valence-corrected chi connectivity index (χ2v) is 11.7. The van der Waals surface area contributed by atoms with Crippen molar-refractivity contribution in [2.75, 3.05) is 39.6 Å². The van der Waals surface area contributed by atoms with Crippen LogP contribution >= 0.6 is 0 Å². The van der Waals surface area contributed by atoms with Crippen molar-refractivity contribution in [2.24, 2.45) is 5.41 Å². The van der Waals surface area contributed by atoms with Gasteiger partial charge in [0, 0.05) is 13.2 Å². The van der Waals surface area contributed by atoms with Crippen molar-refractivity contribution < 1.29 is 50.7 Å². The predicted molar refractivity (Wildman–Crippen MR) is 162 cm³/mol. The van der Waals surface area contributed by atoms with Gasteiger partial charge >= 0.3 is 29.6 Å². The maximum Gasteiger partial charge on any atom is 1.00 e. The Kier molecular flexibility index (Phi) is 36.7. The Balaban J connectivity index is -0.00000648. The molecule has 0 radical (unpaired) electrons. The Labute approximate surface area is 262 Å². The van der Waals surface area contributed by atoms with Crippen molar-refractivity contribution >= 4 is 0 Å². The minimum absolute atomic E-state index is 0. The summed E-state index contributed by atoms with van der Waals surface area (Å²) in [6.45, 7) is 6.51. The molecular weight excluding hydrogens is 483 g/mol. The summed E-state index contributed by atoms with van der Waals surface area (Å²) in [5.74, 6) is 0. The van der Waals surface area contributed by atoms with E-state index in [2.05, 4.69) is 13.8 Å². The van der Waals surface area contributed by atoms with Crippen LogP contribution in [0.15, 0.2) is 0 Å². The summed E-state index contributed by atoms with van der Waals surface area (Å²) in [7, 11) is 0. The van der Waals surface area contributed by atoms with Crippen LogP contribution in [0.25, 0.3) is 0 Å². The Morgan fingerprint density at radius 2 is 0.658 bits per heavy atom. The average Bonchev–Trinajstić information content (AvgIpc) is 2.92. The second kappa shape index (κ2) is 34.0. The Hall–Kier alpha value is 0.840. The normalized spacial score (nSPS) is 11.7. The van der Waals surface area contributed by atoms with Gasteiger partial charge in [0.05, 0.1) is 31.8 Å². The molecular formula is C33H69NaO4. The molecule has 0 fully saturated rings. The molecule has 0 heterocycles. The number of ether oxygens (including phenoxy) is 2. The topological polar surface area (TPSA) is 58.9 Å². The minimum Gasteiger partial charge on any atom is -1.00 e. The molecule has 2 N–H and O–H groups in total. The van der Waals surface area contributed by atoms with Gasteiger partial charge in [0.2, 0.25) is 0 Å². The molecule has 0 saturated carbocycles. The molecule has 0 amide bonds. The van der Waals surface area contributed by atoms with E-state index in [1.54, 1.807) is 0 Å². The quantitative estimate of drug-likeness (QED) is 0.0738. The summed E-state index contributed by atoms with van der Waals surface area (Å²) in [6.07, 6.45) is 32.0. The fourth-order valence-electron chi connectivity index (χ4n) is 4.94. The molecule has 0 bridgehead atoms. The first-order valence-electron chi connectivity index (χ1n) is 16.6. The van der Waals surface area contributed by atoms with Gasteiger partial charge in [-0.25, -0.2) is 0 Å². The maximum atomic E-state index is 9.86. The number of unbranched alkanes of at least 4 members (excludes halogenated alkanes) is 22. The van der Waals surface area contributed by atoms with Gasteiger partial charge in [-0.15, -0.1) is 0 Å². The van der Waals surface area contributed by atoms with Crippen molar-refractivity contribution in [1.29, 1.82) is 0 Å². The zero-order chi connectivity index (χ0) is 27.1. The molecule has 0 aliphatic heterocycles. The molecule has 0 aromatic carbocycles. The summed E-state index contributed by atoms with van der Waals surface area (Å²) in [5.41, 5.74) is -0.672. The third-order valence-corrected chi connectivity index (χ3v) is 7.77. The fourth-order valence-corrected chi connectivity index (χ4v) is 4.94. The zero-order valence-corrected chi connectivity index (χ0v) is 28.4. The number of hydrogen-bond acceptors (Lipinski definition) is 4. The van der Waals surface area contributed by atoms with Crippen LogP contribution in [0.1, 0.15) is 169 Å². The van der Waals surface area contributed by atoms with Crippen LogP contribution in [-0.2, 0) is 9.47 Å². The second-order valence-electron chi connectivity index (χ2n) is 11.7. The molecule has 0 aliphatic rings. The van der Waals surface area contributed by atoms with Gasteiger partial charge in [-0.2, -0.15) is 0 Å². The monoisotopic (exact) mass is 553 g/mol. The van der Waals surface area contributed by atoms with Gasteiger partial charge in [0.25, 0.3) is 0 Å². The standard InChI is InChI=1S/C33H68O4.Na.H/c1-3-5-7-9-11-13-15-17-19-21-23-25-27-36-31-33(29-34,30-35)32-37-28-26-24-22-20-18-16-14-12-10-8-6-4-2;;/h34-35H,3-32H2,1-2H3;;/q;+1;-1. The molecule has 0 saturated heterocycles. The van der Waals surface area contributed by atoms with Crippen LogP contribution in [0.2, 0.25) is 0 Å². The average molecular weight is 553 g/mol. The maximum absolute atomic E-state index is 9.86. The van der Waals surface area contributed by atoms with E-state index in [-0.39, 0.29) is 44.2 Å². The van der Waals surface area contributed by atoms with E-state index in [0.717, 1.165) is 12.8 Å². The van der Waals surface area contributed by atoms with E-state index >= 15 is 0 Å².